The third-order valence-electron chi connectivity index (χ3n) is 3.42. The zero-order valence-electron chi connectivity index (χ0n) is 12.0. The molecule has 0 saturated heterocycles. The van der Waals surface area contributed by atoms with Gasteiger partial charge in [0, 0.05) is 31.5 Å². The molecule has 2 aromatic carbocycles. The Balaban J connectivity index is 2.59. The molecular formula is C17H16Cl2N2. The normalized spacial score (nSPS) is 10.2. The molecule has 0 saturated carbocycles. The van der Waals surface area contributed by atoms with Crippen LogP contribution in [0.15, 0.2) is 36.4 Å². The highest BCUT2D eigenvalue weighted by Crippen LogP contribution is 2.32. The zero-order valence-corrected chi connectivity index (χ0v) is 13.5. The number of nitrogens with zero attached hydrogens (tertiary/aromatic N) is 2. The molecule has 108 valence electrons. The lowest BCUT2D eigenvalue weighted by atomic mass is 9.95. The summed E-state index contributed by atoms with van der Waals surface area (Å²) in [5.74, 6) is 0.792. The molecule has 4 heteroatoms. The van der Waals surface area contributed by atoms with Crippen LogP contribution in [0.5, 0.6) is 0 Å². The van der Waals surface area contributed by atoms with Crippen LogP contribution in [0.2, 0.25) is 0 Å². The van der Waals surface area contributed by atoms with Crippen molar-refractivity contribution in [3.8, 4) is 17.2 Å². The molecule has 0 aliphatic rings. The maximum atomic E-state index is 9.00. The topological polar surface area (TPSA) is 27.0 Å². The van der Waals surface area contributed by atoms with Crippen molar-refractivity contribution in [3.63, 3.8) is 0 Å². The van der Waals surface area contributed by atoms with Gasteiger partial charge in [0.2, 0.25) is 0 Å². The number of benzene rings is 2. The van der Waals surface area contributed by atoms with Crippen molar-refractivity contribution < 1.29 is 0 Å². The summed E-state index contributed by atoms with van der Waals surface area (Å²) in [5.41, 5.74) is 5.82. The van der Waals surface area contributed by atoms with Gasteiger partial charge in [-0.15, -0.1) is 23.2 Å². The summed E-state index contributed by atoms with van der Waals surface area (Å²) in [6.45, 7) is 0. The lowest BCUT2D eigenvalue weighted by molar-refractivity contribution is 1.13. The van der Waals surface area contributed by atoms with Crippen LogP contribution >= 0.6 is 23.2 Å². The van der Waals surface area contributed by atoms with Gasteiger partial charge < -0.3 is 4.90 Å². The second-order valence-electron chi connectivity index (χ2n) is 4.99. The highest BCUT2D eigenvalue weighted by Gasteiger charge is 2.11. The first kappa shape index (κ1) is 15.7. The van der Waals surface area contributed by atoms with Crippen molar-refractivity contribution in [1.29, 1.82) is 5.26 Å². The molecule has 2 rings (SSSR count). The molecule has 0 unspecified atom stereocenters. The minimum atomic E-state index is 0.363. The Morgan fingerprint density at radius 3 is 2.05 bits per heavy atom. The highest BCUT2D eigenvalue weighted by atomic mass is 35.5. The fourth-order valence-corrected chi connectivity index (χ4v) is 2.71. The summed E-state index contributed by atoms with van der Waals surface area (Å²) >= 11 is 12.1. The summed E-state index contributed by atoms with van der Waals surface area (Å²) in [6.07, 6.45) is 0. The fraction of sp³-hybridized carbons (Fsp3) is 0.235. The Labute approximate surface area is 135 Å². The Kier molecular flexibility index (Phi) is 5.12. The van der Waals surface area contributed by atoms with E-state index in [4.69, 9.17) is 28.5 Å². The maximum absolute atomic E-state index is 9.00. The summed E-state index contributed by atoms with van der Waals surface area (Å²) in [6, 6.07) is 13.9. The van der Waals surface area contributed by atoms with Crippen molar-refractivity contribution in [2.24, 2.45) is 0 Å². The number of hydrogen-bond donors (Lipinski definition) is 0. The van der Waals surface area contributed by atoms with Crippen LogP contribution in [-0.4, -0.2) is 14.1 Å². The van der Waals surface area contributed by atoms with Gasteiger partial charge in [0.25, 0.3) is 0 Å². The van der Waals surface area contributed by atoms with Gasteiger partial charge in [0.15, 0.2) is 0 Å². The molecule has 0 spiro atoms. The van der Waals surface area contributed by atoms with Gasteiger partial charge in [-0.25, -0.2) is 0 Å². The predicted octanol–water partition coefficient (Wildman–Crippen LogP) is 4.77. The number of rotatable bonds is 4. The van der Waals surface area contributed by atoms with E-state index in [1.54, 1.807) is 0 Å². The molecule has 0 radical (unpaired) electrons. The molecule has 2 nitrogen and oxygen atoms in total. The molecule has 0 fully saturated rings. The summed E-state index contributed by atoms with van der Waals surface area (Å²) in [4.78, 5) is 2.04. The number of nitriles is 1. The SMILES string of the molecule is CN(C)c1ccc(-c2ccc(C#N)cc2CCl)c(CCl)c1. The molecule has 0 atom stereocenters. The lowest BCUT2D eigenvalue weighted by Crippen LogP contribution is -2.09. The molecule has 0 amide bonds. The van der Waals surface area contributed by atoms with E-state index in [1.807, 2.05) is 37.2 Å². The number of hydrogen-bond acceptors (Lipinski definition) is 2. The van der Waals surface area contributed by atoms with Crippen molar-refractivity contribution in [3.05, 3.63) is 53.1 Å². The second kappa shape index (κ2) is 6.85. The molecule has 21 heavy (non-hydrogen) atoms. The monoisotopic (exact) mass is 318 g/mol. The maximum Gasteiger partial charge on any atom is 0.0991 e. The fourth-order valence-electron chi connectivity index (χ4n) is 2.27. The zero-order chi connectivity index (χ0) is 15.4. The smallest absolute Gasteiger partial charge is 0.0991 e. The van der Waals surface area contributed by atoms with E-state index in [0.717, 1.165) is 27.9 Å². The third-order valence-corrected chi connectivity index (χ3v) is 3.99. The molecule has 0 aromatic heterocycles. The van der Waals surface area contributed by atoms with E-state index in [1.165, 1.54) is 0 Å². The van der Waals surface area contributed by atoms with E-state index in [-0.39, 0.29) is 0 Å². The first-order valence-electron chi connectivity index (χ1n) is 6.56. The van der Waals surface area contributed by atoms with E-state index in [0.29, 0.717) is 17.3 Å². The van der Waals surface area contributed by atoms with Gasteiger partial charge in [0.1, 0.15) is 0 Å². The number of anilines is 1. The van der Waals surface area contributed by atoms with Crippen molar-refractivity contribution in [2.45, 2.75) is 11.8 Å². The molecular weight excluding hydrogens is 303 g/mol. The van der Waals surface area contributed by atoms with Crippen LogP contribution < -0.4 is 4.90 Å². The Morgan fingerprint density at radius 1 is 0.952 bits per heavy atom. The Hall–Kier alpha value is -1.69. The van der Waals surface area contributed by atoms with Gasteiger partial charge >= 0.3 is 0 Å². The summed E-state index contributed by atoms with van der Waals surface area (Å²) in [7, 11) is 4.00. The first-order valence-corrected chi connectivity index (χ1v) is 7.63. The van der Waals surface area contributed by atoms with Crippen LogP contribution in [0, 0.1) is 11.3 Å². The largest absolute Gasteiger partial charge is 0.378 e. The summed E-state index contributed by atoms with van der Waals surface area (Å²) in [5, 5.41) is 9.00. The van der Waals surface area contributed by atoms with Crippen LogP contribution in [0.4, 0.5) is 5.69 Å². The van der Waals surface area contributed by atoms with E-state index in [9.17, 15) is 0 Å². The third kappa shape index (κ3) is 3.32. The molecule has 0 aliphatic carbocycles. The second-order valence-corrected chi connectivity index (χ2v) is 5.52. The molecule has 2 aromatic rings. The molecule has 0 heterocycles. The standard InChI is InChI=1S/C17H16Cl2N2/c1-21(2)15-4-6-17(14(8-15)10-19)16-5-3-12(11-20)7-13(16)9-18/h3-8H,9-10H2,1-2H3. The predicted molar refractivity (Wildman–Crippen MR) is 90.0 cm³/mol. The van der Waals surface area contributed by atoms with Crippen molar-refractivity contribution >= 4 is 28.9 Å². The molecule has 0 N–H and O–H groups in total. The number of alkyl halides is 2. The minimum absolute atomic E-state index is 0.363. The quantitative estimate of drug-likeness (QED) is 0.759. The van der Waals surface area contributed by atoms with E-state index in [2.05, 4.69) is 24.3 Å². The van der Waals surface area contributed by atoms with Gasteiger partial charge in [-0.1, -0.05) is 12.1 Å². The average Bonchev–Trinajstić information content (AvgIpc) is 2.53. The lowest BCUT2D eigenvalue weighted by Gasteiger charge is -2.17. The van der Waals surface area contributed by atoms with Crippen LogP contribution in [0.1, 0.15) is 16.7 Å². The van der Waals surface area contributed by atoms with Gasteiger partial charge in [-0.05, 0) is 46.5 Å². The van der Waals surface area contributed by atoms with Crippen LogP contribution in [0.3, 0.4) is 0 Å². The van der Waals surface area contributed by atoms with Crippen LogP contribution in [0.25, 0.3) is 11.1 Å². The van der Waals surface area contributed by atoms with E-state index < -0.39 is 0 Å². The molecule has 0 bridgehead atoms. The average molecular weight is 319 g/mol. The first-order chi connectivity index (χ1) is 10.1. The van der Waals surface area contributed by atoms with Gasteiger partial charge in [0.05, 0.1) is 11.6 Å². The van der Waals surface area contributed by atoms with Gasteiger partial charge in [-0.3, -0.25) is 0 Å². The van der Waals surface area contributed by atoms with Gasteiger partial charge in [-0.2, -0.15) is 5.26 Å². The van der Waals surface area contributed by atoms with E-state index >= 15 is 0 Å². The summed E-state index contributed by atoms with van der Waals surface area (Å²) < 4.78 is 0. The molecule has 0 aliphatic heterocycles. The van der Waals surface area contributed by atoms with Crippen molar-refractivity contribution in [2.75, 3.05) is 19.0 Å². The van der Waals surface area contributed by atoms with Crippen LogP contribution in [-0.2, 0) is 11.8 Å². The highest BCUT2D eigenvalue weighted by molar-refractivity contribution is 6.18. The van der Waals surface area contributed by atoms with Crippen molar-refractivity contribution in [1.82, 2.24) is 0 Å². The Morgan fingerprint density at radius 2 is 1.52 bits per heavy atom. The minimum Gasteiger partial charge on any atom is -0.378 e. The Bertz CT molecular complexity index is 688. The number of halogens is 2.